The van der Waals surface area contributed by atoms with Gasteiger partial charge in [-0.1, -0.05) is 42.8 Å². The van der Waals surface area contributed by atoms with E-state index in [4.69, 9.17) is 4.52 Å². The Morgan fingerprint density at radius 3 is 2.92 bits per heavy atom. The molecule has 0 bridgehead atoms. The van der Waals surface area contributed by atoms with Crippen molar-refractivity contribution in [2.24, 2.45) is 0 Å². The van der Waals surface area contributed by atoms with Crippen LogP contribution < -0.4 is 5.32 Å². The Bertz CT molecular complexity index is 698. The summed E-state index contributed by atoms with van der Waals surface area (Å²) >= 11 is 0. The van der Waals surface area contributed by atoms with E-state index in [-0.39, 0.29) is 11.9 Å². The van der Waals surface area contributed by atoms with Crippen LogP contribution in [0.2, 0.25) is 0 Å². The number of likely N-dealkylation sites (N-methyl/N-ethyl adjacent to an activating group) is 1. The topological polar surface area (TPSA) is 71.3 Å². The van der Waals surface area contributed by atoms with Crippen molar-refractivity contribution >= 4 is 5.91 Å². The molecule has 0 fully saturated rings. The summed E-state index contributed by atoms with van der Waals surface area (Å²) in [5.74, 6) is 1.35. The third kappa shape index (κ3) is 3.64. The van der Waals surface area contributed by atoms with E-state index in [0.717, 1.165) is 25.1 Å². The molecule has 0 saturated heterocycles. The van der Waals surface area contributed by atoms with Crippen LogP contribution in [-0.4, -0.2) is 34.0 Å². The fourth-order valence-electron chi connectivity index (χ4n) is 3.13. The van der Waals surface area contributed by atoms with Gasteiger partial charge in [0.25, 0.3) is 0 Å². The molecular formula is C18H24N4O2. The minimum absolute atomic E-state index is 0.0234. The smallest absolute Gasteiger partial charge is 0.240 e. The molecule has 1 atom stereocenters. The summed E-state index contributed by atoms with van der Waals surface area (Å²) in [7, 11) is 1.68. The van der Waals surface area contributed by atoms with Gasteiger partial charge < -0.3 is 9.84 Å². The van der Waals surface area contributed by atoms with Gasteiger partial charge in [0.2, 0.25) is 11.8 Å². The van der Waals surface area contributed by atoms with E-state index >= 15 is 0 Å². The highest BCUT2D eigenvalue weighted by Gasteiger charge is 2.31. The van der Waals surface area contributed by atoms with Crippen LogP contribution in [0.4, 0.5) is 0 Å². The fraction of sp³-hybridized carbons (Fsp3) is 0.500. The van der Waals surface area contributed by atoms with Crippen LogP contribution in [0, 0.1) is 0 Å². The number of hydrogen-bond acceptors (Lipinski definition) is 5. The van der Waals surface area contributed by atoms with E-state index in [0.29, 0.717) is 25.4 Å². The molecule has 3 rings (SSSR count). The molecule has 0 saturated carbocycles. The standard InChI is InChI=1S/C18H24N4O2/c1-3-4-9-16-20-17(24-21-16)12-22-11-14-8-6-5-7-13(14)10-15(22)18(23)19-2/h5-8,15H,3-4,9-12H2,1-2H3,(H,19,23). The van der Waals surface area contributed by atoms with Crippen molar-refractivity contribution < 1.29 is 9.32 Å². The number of aromatic nitrogens is 2. The zero-order chi connectivity index (χ0) is 16.9. The number of carbonyl (C=O) groups is 1. The maximum Gasteiger partial charge on any atom is 0.240 e. The molecule has 1 amide bonds. The predicted octanol–water partition coefficient (Wildman–Crippen LogP) is 2.09. The lowest BCUT2D eigenvalue weighted by molar-refractivity contribution is -0.126. The first-order valence-electron chi connectivity index (χ1n) is 8.55. The lowest BCUT2D eigenvalue weighted by Gasteiger charge is -2.34. The van der Waals surface area contributed by atoms with Crippen LogP contribution in [0.25, 0.3) is 0 Å². The third-order valence-corrected chi connectivity index (χ3v) is 4.50. The number of rotatable bonds is 6. The van der Waals surface area contributed by atoms with Gasteiger partial charge in [-0.05, 0) is 24.0 Å². The van der Waals surface area contributed by atoms with Crippen LogP contribution in [0.15, 0.2) is 28.8 Å². The highest BCUT2D eigenvalue weighted by molar-refractivity contribution is 5.82. The Morgan fingerprint density at radius 2 is 2.17 bits per heavy atom. The summed E-state index contributed by atoms with van der Waals surface area (Å²) < 4.78 is 5.38. The molecule has 0 radical (unpaired) electrons. The molecule has 1 aliphatic rings. The number of nitrogens with one attached hydrogen (secondary N) is 1. The van der Waals surface area contributed by atoms with Crippen LogP contribution in [0.1, 0.15) is 42.6 Å². The van der Waals surface area contributed by atoms with Crippen molar-refractivity contribution in [3.8, 4) is 0 Å². The minimum atomic E-state index is -0.212. The summed E-state index contributed by atoms with van der Waals surface area (Å²) in [4.78, 5) is 18.9. The summed E-state index contributed by atoms with van der Waals surface area (Å²) in [5.41, 5.74) is 2.49. The lowest BCUT2D eigenvalue weighted by atomic mass is 9.93. The zero-order valence-electron chi connectivity index (χ0n) is 14.3. The monoisotopic (exact) mass is 328 g/mol. The summed E-state index contributed by atoms with van der Waals surface area (Å²) in [5, 5.41) is 6.81. The minimum Gasteiger partial charge on any atom is -0.358 e. The molecule has 1 aliphatic heterocycles. The second kappa shape index (κ2) is 7.57. The van der Waals surface area contributed by atoms with E-state index in [1.54, 1.807) is 7.05 Å². The number of fused-ring (bicyclic) bond motifs is 1. The molecule has 1 aromatic carbocycles. The largest absolute Gasteiger partial charge is 0.358 e. The molecule has 1 unspecified atom stereocenters. The molecule has 6 nitrogen and oxygen atoms in total. The van der Waals surface area contributed by atoms with Gasteiger partial charge in [0, 0.05) is 20.0 Å². The van der Waals surface area contributed by atoms with Gasteiger partial charge in [-0.2, -0.15) is 4.98 Å². The normalized spacial score (nSPS) is 17.5. The Labute approximate surface area is 142 Å². The quantitative estimate of drug-likeness (QED) is 0.879. The van der Waals surface area contributed by atoms with Gasteiger partial charge in [-0.25, -0.2) is 0 Å². The van der Waals surface area contributed by atoms with E-state index < -0.39 is 0 Å². The second-order valence-corrected chi connectivity index (χ2v) is 6.22. The molecule has 1 N–H and O–H groups in total. The van der Waals surface area contributed by atoms with E-state index in [2.05, 4.69) is 39.4 Å². The number of amides is 1. The van der Waals surface area contributed by atoms with Crippen molar-refractivity contribution in [2.75, 3.05) is 7.05 Å². The number of aryl methyl sites for hydroxylation is 1. The van der Waals surface area contributed by atoms with Crippen molar-refractivity contribution in [3.05, 3.63) is 47.1 Å². The Hall–Kier alpha value is -2.21. The van der Waals surface area contributed by atoms with Gasteiger partial charge in [0.1, 0.15) is 0 Å². The number of carbonyl (C=O) groups excluding carboxylic acids is 1. The molecular weight excluding hydrogens is 304 g/mol. The Balaban J connectivity index is 1.76. The predicted molar refractivity (Wildman–Crippen MR) is 90.2 cm³/mol. The number of hydrogen-bond donors (Lipinski definition) is 1. The van der Waals surface area contributed by atoms with Gasteiger partial charge in [-0.15, -0.1) is 0 Å². The van der Waals surface area contributed by atoms with Crippen LogP contribution in [0.3, 0.4) is 0 Å². The number of unbranched alkanes of at least 4 members (excludes halogenated alkanes) is 1. The second-order valence-electron chi connectivity index (χ2n) is 6.22. The number of nitrogens with zero attached hydrogens (tertiary/aromatic N) is 3. The average Bonchev–Trinajstić information content (AvgIpc) is 3.06. The third-order valence-electron chi connectivity index (χ3n) is 4.50. The first-order chi connectivity index (χ1) is 11.7. The average molecular weight is 328 g/mol. The zero-order valence-corrected chi connectivity index (χ0v) is 14.3. The van der Waals surface area contributed by atoms with Gasteiger partial charge in [-0.3, -0.25) is 9.69 Å². The molecule has 24 heavy (non-hydrogen) atoms. The van der Waals surface area contributed by atoms with Gasteiger partial charge in [0.15, 0.2) is 5.82 Å². The molecule has 6 heteroatoms. The van der Waals surface area contributed by atoms with Crippen LogP contribution in [-0.2, 0) is 30.7 Å². The van der Waals surface area contributed by atoms with Crippen molar-refractivity contribution in [2.45, 2.75) is 51.7 Å². The molecule has 0 spiro atoms. The van der Waals surface area contributed by atoms with E-state index in [1.807, 2.05) is 12.1 Å². The Morgan fingerprint density at radius 1 is 1.38 bits per heavy atom. The van der Waals surface area contributed by atoms with Gasteiger partial charge in [0.05, 0.1) is 12.6 Å². The number of benzene rings is 1. The first kappa shape index (κ1) is 16.6. The van der Waals surface area contributed by atoms with Crippen molar-refractivity contribution in [3.63, 3.8) is 0 Å². The fourth-order valence-corrected chi connectivity index (χ4v) is 3.13. The molecule has 0 aliphatic carbocycles. The summed E-state index contributed by atoms with van der Waals surface area (Å²) in [6.45, 7) is 3.34. The van der Waals surface area contributed by atoms with Crippen LogP contribution >= 0.6 is 0 Å². The van der Waals surface area contributed by atoms with Crippen molar-refractivity contribution in [1.82, 2.24) is 20.4 Å². The summed E-state index contributed by atoms with van der Waals surface area (Å²) in [6, 6.07) is 8.05. The molecule has 2 heterocycles. The molecule has 128 valence electrons. The van der Waals surface area contributed by atoms with Crippen molar-refractivity contribution in [1.29, 1.82) is 0 Å². The SMILES string of the molecule is CCCCc1noc(CN2Cc3ccccc3CC2C(=O)NC)n1. The summed E-state index contributed by atoms with van der Waals surface area (Å²) in [6.07, 6.45) is 3.69. The van der Waals surface area contributed by atoms with E-state index in [1.165, 1.54) is 11.1 Å². The molecule has 2 aromatic rings. The highest BCUT2D eigenvalue weighted by atomic mass is 16.5. The van der Waals surface area contributed by atoms with E-state index in [9.17, 15) is 4.79 Å². The van der Waals surface area contributed by atoms with Gasteiger partial charge >= 0.3 is 0 Å². The lowest BCUT2D eigenvalue weighted by Crippen LogP contribution is -2.49. The molecule has 1 aromatic heterocycles. The van der Waals surface area contributed by atoms with Crippen LogP contribution in [0.5, 0.6) is 0 Å². The maximum absolute atomic E-state index is 12.3. The first-order valence-corrected chi connectivity index (χ1v) is 8.55. The maximum atomic E-state index is 12.3. The highest BCUT2D eigenvalue weighted by Crippen LogP contribution is 2.24. The Kier molecular flexibility index (Phi) is 5.25.